The molecular formula is C22H15ClN4O2S. The van der Waals surface area contributed by atoms with Gasteiger partial charge in [-0.25, -0.2) is 4.98 Å². The maximum absolute atomic E-state index is 13.5. The van der Waals surface area contributed by atoms with Crippen molar-refractivity contribution in [1.82, 2.24) is 9.55 Å². The molecule has 2 aromatic heterocycles. The van der Waals surface area contributed by atoms with Crippen LogP contribution in [0.2, 0.25) is 5.02 Å². The van der Waals surface area contributed by atoms with Crippen molar-refractivity contribution in [1.29, 1.82) is 5.26 Å². The van der Waals surface area contributed by atoms with Crippen LogP contribution in [0.1, 0.15) is 26.4 Å². The summed E-state index contributed by atoms with van der Waals surface area (Å²) >= 11 is 7.13. The van der Waals surface area contributed by atoms with Gasteiger partial charge in [0.05, 0.1) is 28.4 Å². The molecule has 2 aromatic carbocycles. The summed E-state index contributed by atoms with van der Waals surface area (Å²) in [6.07, 6.45) is 0. The lowest BCUT2D eigenvalue weighted by molar-refractivity contribution is 0.100. The summed E-state index contributed by atoms with van der Waals surface area (Å²) < 4.78 is 1.55. The summed E-state index contributed by atoms with van der Waals surface area (Å²) in [7, 11) is 0. The van der Waals surface area contributed by atoms with E-state index in [0.29, 0.717) is 42.6 Å². The molecular weight excluding hydrogens is 420 g/mol. The number of rotatable bonds is 4. The van der Waals surface area contributed by atoms with Crippen LogP contribution in [-0.4, -0.2) is 15.5 Å². The van der Waals surface area contributed by atoms with Crippen LogP contribution in [0.25, 0.3) is 21.6 Å². The third kappa shape index (κ3) is 3.47. The van der Waals surface area contributed by atoms with Crippen molar-refractivity contribution in [3.8, 4) is 17.5 Å². The number of amides is 1. The molecule has 0 aliphatic heterocycles. The van der Waals surface area contributed by atoms with E-state index < -0.39 is 5.91 Å². The van der Waals surface area contributed by atoms with Gasteiger partial charge in [-0.05, 0) is 54.4 Å². The average Bonchev–Trinajstić information content (AvgIpc) is 3.07. The second-order valence-electron chi connectivity index (χ2n) is 6.75. The Kier molecular flexibility index (Phi) is 5.12. The summed E-state index contributed by atoms with van der Waals surface area (Å²) in [6, 6.07) is 16.2. The number of carbonyl (C=O) groups excluding carboxylic acids is 1. The standard InChI is InChI=1S/C22H15ClN4O2S/c1-12-17-21(30-18(12)19(25)28)26-20(15-5-7-16(23)8-6-15)27(22(17)29)11-14-4-2-3-13(9-14)10-24/h2-9H,11H2,1H3,(H2,25,28). The first-order valence-electron chi connectivity index (χ1n) is 8.97. The van der Waals surface area contributed by atoms with Crippen molar-refractivity contribution in [3.63, 3.8) is 0 Å². The minimum absolute atomic E-state index is 0.219. The normalized spacial score (nSPS) is 10.8. The smallest absolute Gasteiger partial charge is 0.263 e. The number of thiophene rings is 1. The molecule has 0 unspecified atom stereocenters. The van der Waals surface area contributed by atoms with Gasteiger partial charge in [-0.15, -0.1) is 11.3 Å². The second-order valence-corrected chi connectivity index (χ2v) is 8.18. The summed E-state index contributed by atoms with van der Waals surface area (Å²) in [5.41, 5.74) is 7.74. The van der Waals surface area contributed by atoms with Gasteiger partial charge in [0, 0.05) is 10.6 Å². The van der Waals surface area contributed by atoms with E-state index in [9.17, 15) is 14.9 Å². The molecule has 8 heteroatoms. The molecule has 0 bridgehead atoms. The predicted molar refractivity (Wildman–Crippen MR) is 118 cm³/mol. The lowest BCUT2D eigenvalue weighted by atomic mass is 10.1. The van der Waals surface area contributed by atoms with Crippen molar-refractivity contribution in [2.75, 3.05) is 0 Å². The van der Waals surface area contributed by atoms with Crippen LogP contribution in [0.15, 0.2) is 53.3 Å². The van der Waals surface area contributed by atoms with Crippen LogP contribution >= 0.6 is 22.9 Å². The van der Waals surface area contributed by atoms with E-state index >= 15 is 0 Å². The van der Waals surface area contributed by atoms with E-state index in [4.69, 9.17) is 22.3 Å². The van der Waals surface area contributed by atoms with E-state index in [1.54, 1.807) is 54.0 Å². The minimum Gasteiger partial charge on any atom is -0.365 e. The Morgan fingerprint density at radius 1 is 1.27 bits per heavy atom. The van der Waals surface area contributed by atoms with Gasteiger partial charge < -0.3 is 5.73 Å². The summed E-state index contributed by atoms with van der Waals surface area (Å²) in [5.74, 6) is -0.139. The zero-order valence-electron chi connectivity index (χ0n) is 15.8. The number of aryl methyl sites for hydroxylation is 1. The fourth-order valence-electron chi connectivity index (χ4n) is 3.34. The molecule has 0 spiro atoms. The molecule has 0 aliphatic carbocycles. The number of nitriles is 1. The first-order valence-corrected chi connectivity index (χ1v) is 10.2. The zero-order chi connectivity index (χ0) is 21.4. The number of carbonyl (C=O) groups is 1. The lowest BCUT2D eigenvalue weighted by Crippen LogP contribution is -2.24. The van der Waals surface area contributed by atoms with Gasteiger partial charge in [-0.3, -0.25) is 14.2 Å². The number of halogens is 1. The highest BCUT2D eigenvalue weighted by molar-refractivity contribution is 7.20. The van der Waals surface area contributed by atoms with Gasteiger partial charge in [-0.1, -0.05) is 23.7 Å². The van der Waals surface area contributed by atoms with Gasteiger partial charge in [0.1, 0.15) is 10.7 Å². The Hall–Kier alpha value is -3.47. The van der Waals surface area contributed by atoms with Crippen LogP contribution < -0.4 is 11.3 Å². The number of hydrogen-bond donors (Lipinski definition) is 1. The number of primary amides is 1. The first kappa shape index (κ1) is 19.8. The van der Waals surface area contributed by atoms with Crippen LogP contribution in [0.5, 0.6) is 0 Å². The highest BCUT2D eigenvalue weighted by Gasteiger charge is 2.21. The largest absolute Gasteiger partial charge is 0.365 e. The van der Waals surface area contributed by atoms with E-state index in [0.717, 1.165) is 16.9 Å². The molecule has 30 heavy (non-hydrogen) atoms. The van der Waals surface area contributed by atoms with E-state index in [1.165, 1.54) is 0 Å². The van der Waals surface area contributed by atoms with Gasteiger partial charge in [0.2, 0.25) is 0 Å². The van der Waals surface area contributed by atoms with Crippen LogP contribution in [0.3, 0.4) is 0 Å². The van der Waals surface area contributed by atoms with E-state index in [2.05, 4.69) is 6.07 Å². The Balaban J connectivity index is 2.00. The number of hydrogen-bond acceptors (Lipinski definition) is 5. The topological polar surface area (TPSA) is 102 Å². The Morgan fingerprint density at radius 2 is 2.00 bits per heavy atom. The van der Waals surface area contributed by atoms with Crippen molar-refractivity contribution >= 4 is 39.1 Å². The number of benzene rings is 2. The highest BCUT2D eigenvalue weighted by atomic mass is 35.5. The maximum Gasteiger partial charge on any atom is 0.263 e. The fourth-order valence-corrected chi connectivity index (χ4v) is 4.49. The molecule has 0 radical (unpaired) electrons. The molecule has 0 aliphatic rings. The molecule has 0 saturated heterocycles. The summed E-state index contributed by atoms with van der Waals surface area (Å²) in [6.45, 7) is 1.92. The van der Waals surface area contributed by atoms with Crippen molar-refractivity contribution < 1.29 is 4.79 Å². The molecule has 0 atom stereocenters. The third-order valence-electron chi connectivity index (χ3n) is 4.77. The van der Waals surface area contributed by atoms with Gasteiger partial charge in [0.25, 0.3) is 11.5 Å². The number of fused-ring (bicyclic) bond motifs is 1. The first-order chi connectivity index (χ1) is 14.4. The van der Waals surface area contributed by atoms with Gasteiger partial charge in [0.15, 0.2) is 0 Å². The fraction of sp³-hybridized carbons (Fsp3) is 0.0909. The van der Waals surface area contributed by atoms with Crippen molar-refractivity contribution in [2.24, 2.45) is 5.73 Å². The third-order valence-corrected chi connectivity index (χ3v) is 6.23. The van der Waals surface area contributed by atoms with Crippen molar-refractivity contribution in [3.05, 3.63) is 85.5 Å². The van der Waals surface area contributed by atoms with Crippen LogP contribution in [0.4, 0.5) is 0 Å². The molecule has 0 fully saturated rings. The Labute approximate surface area is 180 Å². The molecule has 1 amide bonds. The van der Waals surface area contributed by atoms with E-state index in [-0.39, 0.29) is 12.1 Å². The summed E-state index contributed by atoms with van der Waals surface area (Å²) in [5, 5.41) is 10.1. The highest BCUT2D eigenvalue weighted by Crippen LogP contribution is 2.30. The molecule has 148 valence electrons. The number of nitrogens with two attached hydrogens (primary N) is 1. The average molecular weight is 435 g/mol. The lowest BCUT2D eigenvalue weighted by Gasteiger charge is -2.13. The van der Waals surface area contributed by atoms with Crippen LogP contribution in [0, 0.1) is 18.3 Å². The molecule has 4 aromatic rings. The summed E-state index contributed by atoms with van der Waals surface area (Å²) in [4.78, 5) is 30.8. The van der Waals surface area contributed by atoms with E-state index in [1.807, 2.05) is 6.07 Å². The number of aromatic nitrogens is 2. The Morgan fingerprint density at radius 3 is 2.67 bits per heavy atom. The molecule has 4 rings (SSSR count). The molecule has 2 heterocycles. The Bertz CT molecular complexity index is 1400. The second kappa shape index (κ2) is 7.75. The monoisotopic (exact) mass is 434 g/mol. The molecule has 0 saturated carbocycles. The predicted octanol–water partition coefficient (Wildman–Crippen LogP) is 4.11. The van der Waals surface area contributed by atoms with Gasteiger partial charge in [-0.2, -0.15) is 5.26 Å². The minimum atomic E-state index is -0.587. The molecule has 6 nitrogen and oxygen atoms in total. The van der Waals surface area contributed by atoms with Crippen molar-refractivity contribution in [2.45, 2.75) is 13.5 Å². The quantitative estimate of drug-likeness (QED) is 0.522. The van der Waals surface area contributed by atoms with Crippen LogP contribution in [-0.2, 0) is 6.54 Å². The zero-order valence-corrected chi connectivity index (χ0v) is 17.4. The SMILES string of the molecule is Cc1c(C(N)=O)sc2nc(-c3ccc(Cl)cc3)n(Cc3cccc(C#N)c3)c(=O)c12. The maximum atomic E-state index is 13.5. The number of nitrogens with zero attached hydrogens (tertiary/aromatic N) is 3. The van der Waals surface area contributed by atoms with Gasteiger partial charge >= 0.3 is 0 Å². The molecule has 2 N–H and O–H groups in total.